The van der Waals surface area contributed by atoms with Crippen LogP contribution in [0.2, 0.25) is 0 Å². The van der Waals surface area contributed by atoms with E-state index in [0.29, 0.717) is 62.1 Å². The highest BCUT2D eigenvalue weighted by atomic mass is 16.4. The van der Waals surface area contributed by atoms with Crippen LogP contribution < -0.4 is 4.90 Å². The number of carbonyl (C=O) groups is 3. The Morgan fingerprint density at radius 1 is 1.04 bits per heavy atom. The number of piperazine rings is 1. The van der Waals surface area contributed by atoms with Gasteiger partial charge in [-0.1, -0.05) is 17.2 Å². The van der Waals surface area contributed by atoms with Crippen LogP contribution in [-0.2, 0) is 4.79 Å². The summed E-state index contributed by atoms with van der Waals surface area (Å²) < 4.78 is 5.42. The SMILES string of the molecule is Cc1nnc(N2CCN(C(=O)CCCN3C(=O)c4ccccc4C3=O)CC2)o1. The van der Waals surface area contributed by atoms with Crippen molar-refractivity contribution < 1.29 is 18.8 Å². The average Bonchev–Trinajstić information content (AvgIpc) is 3.25. The number of amides is 3. The van der Waals surface area contributed by atoms with Crippen molar-refractivity contribution in [2.45, 2.75) is 19.8 Å². The van der Waals surface area contributed by atoms with Gasteiger partial charge in [0, 0.05) is 46.1 Å². The van der Waals surface area contributed by atoms with Crippen molar-refractivity contribution in [3.63, 3.8) is 0 Å². The first-order chi connectivity index (χ1) is 13.5. The van der Waals surface area contributed by atoms with Crippen LogP contribution in [0.1, 0.15) is 39.4 Å². The van der Waals surface area contributed by atoms with E-state index in [1.165, 1.54) is 4.90 Å². The molecule has 9 nitrogen and oxygen atoms in total. The summed E-state index contributed by atoms with van der Waals surface area (Å²) in [6, 6.07) is 7.28. The van der Waals surface area contributed by atoms with Crippen LogP contribution in [0.4, 0.5) is 6.01 Å². The number of nitrogens with zero attached hydrogens (tertiary/aromatic N) is 5. The number of benzene rings is 1. The van der Waals surface area contributed by atoms with Crippen LogP contribution in [0.25, 0.3) is 0 Å². The lowest BCUT2D eigenvalue weighted by molar-refractivity contribution is -0.131. The highest BCUT2D eigenvalue weighted by molar-refractivity contribution is 6.21. The van der Waals surface area contributed by atoms with Crippen LogP contribution >= 0.6 is 0 Å². The predicted molar refractivity (Wildman–Crippen MR) is 98.9 cm³/mol. The zero-order valence-electron chi connectivity index (χ0n) is 15.6. The first-order valence-corrected chi connectivity index (χ1v) is 9.32. The molecule has 0 atom stereocenters. The monoisotopic (exact) mass is 383 g/mol. The van der Waals surface area contributed by atoms with Crippen molar-refractivity contribution >= 4 is 23.7 Å². The first-order valence-electron chi connectivity index (χ1n) is 9.32. The number of imide groups is 1. The van der Waals surface area contributed by atoms with Crippen LogP contribution in [0.5, 0.6) is 0 Å². The minimum atomic E-state index is -0.281. The summed E-state index contributed by atoms with van der Waals surface area (Å²) in [4.78, 5) is 42.1. The summed E-state index contributed by atoms with van der Waals surface area (Å²) in [6.07, 6.45) is 0.750. The van der Waals surface area contributed by atoms with Crippen molar-refractivity contribution in [3.05, 3.63) is 41.3 Å². The molecule has 0 bridgehead atoms. The number of rotatable bonds is 5. The van der Waals surface area contributed by atoms with Gasteiger partial charge in [0.2, 0.25) is 11.8 Å². The molecule has 1 saturated heterocycles. The zero-order valence-corrected chi connectivity index (χ0v) is 15.6. The fourth-order valence-electron chi connectivity index (χ4n) is 3.55. The molecular formula is C19H21N5O4. The Kier molecular flexibility index (Phi) is 4.81. The Hall–Kier alpha value is -3.23. The molecule has 28 heavy (non-hydrogen) atoms. The van der Waals surface area contributed by atoms with Gasteiger partial charge in [-0.2, -0.15) is 0 Å². The average molecular weight is 383 g/mol. The molecule has 0 N–H and O–H groups in total. The van der Waals surface area contributed by atoms with E-state index >= 15 is 0 Å². The summed E-state index contributed by atoms with van der Waals surface area (Å²) in [5, 5.41) is 7.82. The maximum absolute atomic E-state index is 12.5. The van der Waals surface area contributed by atoms with E-state index in [4.69, 9.17) is 4.42 Å². The van der Waals surface area contributed by atoms with E-state index in [1.54, 1.807) is 36.1 Å². The van der Waals surface area contributed by atoms with E-state index in [-0.39, 0.29) is 24.3 Å². The summed E-state index contributed by atoms with van der Waals surface area (Å²) >= 11 is 0. The minimum Gasteiger partial charge on any atom is -0.408 e. The molecule has 3 heterocycles. The lowest BCUT2D eigenvalue weighted by Crippen LogP contribution is -2.49. The van der Waals surface area contributed by atoms with Crippen LogP contribution in [0.15, 0.2) is 28.7 Å². The fraction of sp³-hybridized carbons (Fsp3) is 0.421. The third-order valence-corrected chi connectivity index (χ3v) is 5.07. The molecule has 0 aliphatic carbocycles. The fourth-order valence-corrected chi connectivity index (χ4v) is 3.55. The van der Waals surface area contributed by atoms with Gasteiger partial charge < -0.3 is 14.2 Å². The van der Waals surface area contributed by atoms with Crippen LogP contribution in [0.3, 0.4) is 0 Å². The third kappa shape index (κ3) is 3.35. The zero-order chi connectivity index (χ0) is 19.7. The quantitative estimate of drug-likeness (QED) is 0.713. The summed E-state index contributed by atoms with van der Waals surface area (Å²) in [5.41, 5.74) is 0.873. The number of aromatic nitrogens is 2. The number of aryl methyl sites for hydroxylation is 1. The van der Waals surface area contributed by atoms with Gasteiger partial charge in [-0.15, -0.1) is 5.10 Å². The van der Waals surface area contributed by atoms with Crippen molar-refractivity contribution in [2.24, 2.45) is 0 Å². The van der Waals surface area contributed by atoms with Crippen molar-refractivity contribution in [2.75, 3.05) is 37.6 Å². The molecule has 0 spiro atoms. The molecule has 4 rings (SSSR count). The maximum atomic E-state index is 12.5. The first kappa shape index (κ1) is 18.1. The van der Waals surface area contributed by atoms with E-state index in [2.05, 4.69) is 10.2 Å². The molecule has 0 saturated carbocycles. The second kappa shape index (κ2) is 7.41. The van der Waals surface area contributed by atoms with Gasteiger partial charge >= 0.3 is 6.01 Å². The number of anilines is 1. The lowest BCUT2D eigenvalue weighted by atomic mass is 10.1. The number of carbonyl (C=O) groups excluding carboxylic acids is 3. The summed E-state index contributed by atoms with van der Waals surface area (Å²) in [6.45, 7) is 4.40. The topological polar surface area (TPSA) is 99.9 Å². The van der Waals surface area contributed by atoms with E-state index in [1.807, 2.05) is 4.90 Å². The van der Waals surface area contributed by atoms with Gasteiger partial charge in [0.15, 0.2) is 0 Å². The number of hydrogen-bond acceptors (Lipinski definition) is 7. The molecule has 9 heteroatoms. The molecule has 3 amide bonds. The van der Waals surface area contributed by atoms with Crippen LogP contribution in [0, 0.1) is 6.92 Å². The van der Waals surface area contributed by atoms with Gasteiger partial charge in [-0.25, -0.2) is 0 Å². The van der Waals surface area contributed by atoms with Crippen molar-refractivity contribution in [1.29, 1.82) is 0 Å². The van der Waals surface area contributed by atoms with Crippen molar-refractivity contribution in [3.8, 4) is 0 Å². The molecular weight excluding hydrogens is 362 g/mol. The third-order valence-electron chi connectivity index (χ3n) is 5.07. The Bertz CT molecular complexity index is 882. The molecule has 146 valence electrons. The Morgan fingerprint density at radius 2 is 1.68 bits per heavy atom. The molecule has 0 radical (unpaired) electrons. The smallest absolute Gasteiger partial charge is 0.318 e. The number of fused-ring (bicyclic) bond motifs is 1. The molecule has 1 aromatic carbocycles. The standard InChI is InChI=1S/C19H21N5O4/c1-13-20-21-19(28-13)23-11-9-22(10-12-23)16(25)7-4-8-24-17(26)14-5-2-3-6-15(14)18(24)27/h2-3,5-6H,4,7-12H2,1H3. The summed E-state index contributed by atoms with van der Waals surface area (Å²) in [5.74, 6) is -0.0207. The molecule has 2 aliphatic rings. The minimum absolute atomic E-state index is 0.0259. The van der Waals surface area contributed by atoms with E-state index < -0.39 is 0 Å². The lowest BCUT2D eigenvalue weighted by Gasteiger charge is -2.33. The van der Waals surface area contributed by atoms with E-state index in [9.17, 15) is 14.4 Å². The number of hydrogen-bond donors (Lipinski definition) is 0. The van der Waals surface area contributed by atoms with Gasteiger partial charge in [-0.05, 0) is 18.6 Å². The second-order valence-corrected chi connectivity index (χ2v) is 6.88. The highest BCUT2D eigenvalue weighted by Gasteiger charge is 2.34. The Morgan fingerprint density at radius 3 is 2.25 bits per heavy atom. The van der Waals surface area contributed by atoms with Gasteiger partial charge in [0.25, 0.3) is 11.8 Å². The van der Waals surface area contributed by atoms with Crippen molar-refractivity contribution in [1.82, 2.24) is 20.0 Å². The second-order valence-electron chi connectivity index (χ2n) is 6.88. The largest absolute Gasteiger partial charge is 0.408 e. The molecule has 2 aromatic rings. The Balaban J connectivity index is 1.25. The molecule has 2 aliphatic heterocycles. The molecule has 1 fully saturated rings. The molecule has 0 unspecified atom stereocenters. The van der Waals surface area contributed by atoms with Crippen LogP contribution in [-0.4, -0.2) is 70.4 Å². The van der Waals surface area contributed by atoms with E-state index in [0.717, 1.165) is 0 Å². The molecule has 1 aromatic heterocycles. The Labute approximate surface area is 161 Å². The van der Waals surface area contributed by atoms with Gasteiger partial charge in [-0.3, -0.25) is 19.3 Å². The predicted octanol–water partition coefficient (Wildman–Crippen LogP) is 1.10. The summed E-state index contributed by atoms with van der Waals surface area (Å²) in [7, 11) is 0. The normalized spacial score (nSPS) is 16.7. The highest BCUT2D eigenvalue weighted by Crippen LogP contribution is 2.23. The van der Waals surface area contributed by atoms with Gasteiger partial charge in [0.05, 0.1) is 11.1 Å². The van der Waals surface area contributed by atoms with Gasteiger partial charge in [0.1, 0.15) is 0 Å². The maximum Gasteiger partial charge on any atom is 0.318 e.